The molecule has 0 fully saturated rings. The van der Waals surface area contributed by atoms with E-state index in [1.54, 1.807) is 6.07 Å². The normalized spacial score (nSPS) is 10.6. The average Bonchev–Trinajstić information content (AvgIpc) is 2.25. The van der Waals surface area contributed by atoms with Crippen LogP contribution in [0.2, 0.25) is 0 Å². The molecule has 0 amide bonds. The molecule has 0 aliphatic rings. The van der Waals surface area contributed by atoms with Gasteiger partial charge in [0, 0.05) is 12.6 Å². The smallest absolute Gasteiger partial charge is 0.273 e. The summed E-state index contributed by atoms with van der Waals surface area (Å²) in [5.41, 5.74) is 0.0378. The van der Waals surface area contributed by atoms with Crippen molar-refractivity contribution in [1.29, 1.82) is 0 Å². The maximum atomic E-state index is 10.6. The molecule has 1 rings (SSSR count). The van der Waals surface area contributed by atoms with Crippen LogP contribution >= 0.6 is 15.9 Å². The Morgan fingerprint density at radius 2 is 2.18 bits per heavy atom. The SMILES string of the molecule is CN(C)CCCOc1cc([N+](=O)[O-])ccc1Br. The molecule has 5 nitrogen and oxygen atoms in total. The highest BCUT2D eigenvalue weighted by molar-refractivity contribution is 9.10. The van der Waals surface area contributed by atoms with Crippen LogP contribution in [-0.4, -0.2) is 37.1 Å². The minimum absolute atomic E-state index is 0.0378. The van der Waals surface area contributed by atoms with Crippen LogP contribution in [0.3, 0.4) is 0 Å². The number of nitro groups is 1. The minimum Gasteiger partial charge on any atom is -0.492 e. The van der Waals surface area contributed by atoms with Crippen LogP contribution in [0, 0.1) is 10.1 Å². The van der Waals surface area contributed by atoms with Crippen LogP contribution in [0.15, 0.2) is 22.7 Å². The third-order valence-corrected chi connectivity index (χ3v) is 2.79. The van der Waals surface area contributed by atoms with E-state index in [1.165, 1.54) is 12.1 Å². The van der Waals surface area contributed by atoms with Gasteiger partial charge >= 0.3 is 0 Å². The second-order valence-electron chi connectivity index (χ2n) is 3.88. The zero-order chi connectivity index (χ0) is 12.8. The zero-order valence-electron chi connectivity index (χ0n) is 9.85. The third kappa shape index (κ3) is 4.70. The van der Waals surface area contributed by atoms with E-state index >= 15 is 0 Å². The van der Waals surface area contributed by atoms with Crippen molar-refractivity contribution in [1.82, 2.24) is 4.90 Å². The van der Waals surface area contributed by atoms with Gasteiger partial charge in [0.15, 0.2) is 0 Å². The molecule has 0 radical (unpaired) electrons. The first kappa shape index (κ1) is 13.9. The number of benzene rings is 1. The van der Waals surface area contributed by atoms with Gasteiger partial charge in [-0.2, -0.15) is 0 Å². The molecule has 0 saturated heterocycles. The lowest BCUT2D eigenvalue weighted by Gasteiger charge is -2.11. The summed E-state index contributed by atoms with van der Waals surface area (Å²) in [6, 6.07) is 4.50. The second kappa shape index (κ2) is 6.56. The van der Waals surface area contributed by atoms with Crippen molar-refractivity contribution in [3.05, 3.63) is 32.8 Å². The standard InChI is InChI=1S/C11H15BrN2O3/c1-13(2)6-3-7-17-11-8-9(14(15)16)4-5-10(11)12/h4-5,8H,3,6-7H2,1-2H3. The molecule has 0 aliphatic carbocycles. The Morgan fingerprint density at radius 3 is 2.76 bits per heavy atom. The van der Waals surface area contributed by atoms with Crippen LogP contribution in [0.4, 0.5) is 5.69 Å². The Bertz CT molecular complexity index is 396. The summed E-state index contributed by atoms with van der Waals surface area (Å²) in [5, 5.41) is 10.6. The Balaban J connectivity index is 2.57. The van der Waals surface area contributed by atoms with Crippen LogP contribution in [-0.2, 0) is 0 Å². The van der Waals surface area contributed by atoms with Gasteiger partial charge in [-0.25, -0.2) is 0 Å². The first-order valence-electron chi connectivity index (χ1n) is 5.22. The molecule has 0 spiro atoms. The highest BCUT2D eigenvalue weighted by atomic mass is 79.9. The fraction of sp³-hybridized carbons (Fsp3) is 0.455. The fourth-order valence-corrected chi connectivity index (χ4v) is 1.64. The van der Waals surface area contributed by atoms with Crippen LogP contribution in [0.25, 0.3) is 0 Å². The number of rotatable bonds is 6. The van der Waals surface area contributed by atoms with E-state index in [0.29, 0.717) is 12.4 Å². The number of non-ortho nitro benzene ring substituents is 1. The van der Waals surface area contributed by atoms with Gasteiger partial charge in [-0.15, -0.1) is 0 Å². The first-order chi connectivity index (χ1) is 8.00. The second-order valence-corrected chi connectivity index (χ2v) is 4.73. The molecule has 0 N–H and O–H groups in total. The molecule has 0 aromatic heterocycles. The monoisotopic (exact) mass is 302 g/mol. The summed E-state index contributed by atoms with van der Waals surface area (Å²) >= 11 is 3.30. The third-order valence-electron chi connectivity index (χ3n) is 2.13. The predicted molar refractivity (Wildman–Crippen MR) is 69.5 cm³/mol. The molecule has 6 heteroatoms. The van der Waals surface area contributed by atoms with Gasteiger partial charge in [-0.1, -0.05) is 0 Å². The minimum atomic E-state index is -0.431. The van der Waals surface area contributed by atoms with Gasteiger partial charge in [0.1, 0.15) is 5.75 Å². The lowest BCUT2D eigenvalue weighted by Crippen LogP contribution is -2.15. The number of halogens is 1. The summed E-state index contributed by atoms with van der Waals surface area (Å²) in [7, 11) is 3.98. The summed E-state index contributed by atoms with van der Waals surface area (Å²) in [6.45, 7) is 1.46. The molecule has 1 aromatic rings. The quantitative estimate of drug-likeness (QED) is 0.460. The van der Waals surface area contributed by atoms with Crippen LogP contribution in [0.1, 0.15) is 6.42 Å². The molecule has 94 valence electrons. The molecular weight excluding hydrogens is 288 g/mol. The van der Waals surface area contributed by atoms with Crippen LogP contribution < -0.4 is 4.74 Å². The summed E-state index contributed by atoms with van der Waals surface area (Å²) in [4.78, 5) is 12.2. The van der Waals surface area contributed by atoms with Crippen molar-refractivity contribution in [3.63, 3.8) is 0 Å². The highest BCUT2D eigenvalue weighted by Crippen LogP contribution is 2.29. The van der Waals surface area contributed by atoms with Crippen LogP contribution in [0.5, 0.6) is 5.75 Å². The highest BCUT2D eigenvalue weighted by Gasteiger charge is 2.10. The maximum Gasteiger partial charge on any atom is 0.273 e. The Kier molecular flexibility index (Phi) is 5.37. The molecule has 17 heavy (non-hydrogen) atoms. The first-order valence-corrected chi connectivity index (χ1v) is 6.01. The number of hydrogen-bond acceptors (Lipinski definition) is 4. The molecule has 0 bridgehead atoms. The molecule has 0 aliphatic heterocycles. The van der Waals surface area contributed by atoms with Gasteiger partial charge < -0.3 is 9.64 Å². The van der Waals surface area contributed by atoms with E-state index in [9.17, 15) is 10.1 Å². The molecule has 0 heterocycles. The number of nitro benzene ring substituents is 1. The van der Waals surface area contributed by atoms with E-state index in [0.717, 1.165) is 17.4 Å². The Morgan fingerprint density at radius 1 is 1.47 bits per heavy atom. The van der Waals surface area contributed by atoms with Gasteiger partial charge in [-0.3, -0.25) is 10.1 Å². The lowest BCUT2D eigenvalue weighted by molar-refractivity contribution is -0.385. The molecule has 0 atom stereocenters. The topological polar surface area (TPSA) is 55.6 Å². The van der Waals surface area contributed by atoms with E-state index in [-0.39, 0.29) is 5.69 Å². The van der Waals surface area contributed by atoms with Gasteiger partial charge in [0.25, 0.3) is 5.69 Å². The molecule has 0 unspecified atom stereocenters. The number of hydrogen-bond donors (Lipinski definition) is 0. The summed E-state index contributed by atoms with van der Waals surface area (Å²) in [6.07, 6.45) is 0.877. The Labute approximate surface area is 109 Å². The van der Waals surface area contributed by atoms with Gasteiger partial charge in [0.2, 0.25) is 0 Å². The molecule has 1 aromatic carbocycles. The zero-order valence-corrected chi connectivity index (χ0v) is 11.4. The van der Waals surface area contributed by atoms with E-state index in [2.05, 4.69) is 20.8 Å². The van der Waals surface area contributed by atoms with Crippen molar-refractivity contribution in [2.45, 2.75) is 6.42 Å². The van der Waals surface area contributed by atoms with Gasteiger partial charge in [-0.05, 0) is 42.5 Å². The van der Waals surface area contributed by atoms with Gasteiger partial charge in [0.05, 0.1) is 22.1 Å². The molecular formula is C11H15BrN2O3. The van der Waals surface area contributed by atoms with E-state index in [4.69, 9.17) is 4.74 Å². The van der Waals surface area contributed by atoms with Crippen molar-refractivity contribution in [3.8, 4) is 5.75 Å². The van der Waals surface area contributed by atoms with Crippen molar-refractivity contribution < 1.29 is 9.66 Å². The summed E-state index contributed by atoms with van der Waals surface area (Å²) in [5.74, 6) is 0.512. The van der Waals surface area contributed by atoms with Crippen molar-refractivity contribution >= 4 is 21.6 Å². The number of nitrogens with zero attached hydrogens (tertiary/aromatic N) is 2. The maximum absolute atomic E-state index is 10.6. The lowest BCUT2D eigenvalue weighted by atomic mass is 10.3. The predicted octanol–water partition coefficient (Wildman–Crippen LogP) is 2.69. The van der Waals surface area contributed by atoms with E-state index < -0.39 is 4.92 Å². The molecule has 0 saturated carbocycles. The Hall–Kier alpha value is -1.14. The largest absolute Gasteiger partial charge is 0.492 e. The summed E-state index contributed by atoms with van der Waals surface area (Å²) < 4.78 is 6.23. The van der Waals surface area contributed by atoms with Crippen molar-refractivity contribution in [2.24, 2.45) is 0 Å². The van der Waals surface area contributed by atoms with Crippen molar-refractivity contribution in [2.75, 3.05) is 27.2 Å². The number of ether oxygens (including phenoxy) is 1. The fourth-order valence-electron chi connectivity index (χ4n) is 1.28. The average molecular weight is 303 g/mol. The van der Waals surface area contributed by atoms with E-state index in [1.807, 2.05) is 14.1 Å².